The van der Waals surface area contributed by atoms with Crippen molar-refractivity contribution in [3.8, 4) is 22.6 Å². The van der Waals surface area contributed by atoms with E-state index in [9.17, 15) is 14.0 Å². The topological polar surface area (TPSA) is 87.8 Å². The number of ether oxygens (including phenoxy) is 3. The van der Waals surface area contributed by atoms with Gasteiger partial charge in [0, 0.05) is 11.6 Å². The SMILES string of the molecule is COC(=O)c1ccc(-c2cc(OC)cc(OC(C)(C)C(N)=O)c2F)cc1. The van der Waals surface area contributed by atoms with Gasteiger partial charge >= 0.3 is 5.97 Å². The molecule has 6 nitrogen and oxygen atoms in total. The van der Waals surface area contributed by atoms with Gasteiger partial charge in [-0.05, 0) is 37.6 Å². The van der Waals surface area contributed by atoms with Gasteiger partial charge in [-0.2, -0.15) is 0 Å². The van der Waals surface area contributed by atoms with Crippen molar-refractivity contribution in [3.63, 3.8) is 0 Å². The molecule has 0 aromatic heterocycles. The Morgan fingerprint density at radius 1 is 1.08 bits per heavy atom. The van der Waals surface area contributed by atoms with E-state index in [0.717, 1.165) is 0 Å². The zero-order chi connectivity index (χ0) is 19.5. The second-order valence-electron chi connectivity index (χ2n) is 6.03. The van der Waals surface area contributed by atoms with E-state index in [0.29, 0.717) is 16.9 Å². The number of carbonyl (C=O) groups is 2. The van der Waals surface area contributed by atoms with Gasteiger partial charge in [-0.25, -0.2) is 9.18 Å². The second-order valence-corrected chi connectivity index (χ2v) is 6.03. The van der Waals surface area contributed by atoms with Crippen molar-refractivity contribution in [2.75, 3.05) is 14.2 Å². The van der Waals surface area contributed by atoms with Crippen molar-refractivity contribution in [2.24, 2.45) is 5.73 Å². The quantitative estimate of drug-likeness (QED) is 0.799. The van der Waals surface area contributed by atoms with Crippen molar-refractivity contribution < 1.29 is 28.2 Å². The number of amides is 1. The van der Waals surface area contributed by atoms with Crippen LogP contribution >= 0.6 is 0 Å². The standard InChI is InChI=1S/C19H20FNO5/c1-19(2,18(21)23)26-15-10-13(24-3)9-14(16(15)20)11-5-7-12(8-6-11)17(22)25-4/h5-10H,1-4H3,(H2,21,23). The van der Waals surface area contributed by atoms with Gasteiger partial charge in [0.05, 0.1) is 19.8 Å². The van der Waals surface area contributed by atoms with Crippen LogP contribution in [0.3, 0.4) is 0 Å². The Kier molecular flexibility index (Phi) is 5.50. The Morgan fingerprint density at radius 2 is 1.69 bits per heavy atom. The molecule has 0 aliphatic rings. The molecule has 2 aromatic carbocycles. The molecule has 2 rings (SSSR count). The van der Waals surface area contributed by atoms with E-state index in [2.05, 4.69) is 4.74 Å². The number of primary amides is 1. The number of hydrogen-bond donors (Lipinski definition) is 1. The maximum Gasteiger partial charge on any atom is 0.337 e. The fourth-order valence-corrected chi connectivity index (χ4v) is 2.20. The van der Waals surface area contributed by atoms with Gasteiger partial charge in [-0.15, -0.1) is 0 Å². The summed E-state index contributed by atoms with van der Waals surface area (Å²) in [7, 11) is 2.71. The number of carbonyl (C=O) groups excluding carboxylic acids is 2. The van der Waals surface area contributed by atoms with E-state index in [1.165, 1.54) is 52.3 Å². The number of rotatable bonds is 6. The van der Waals surface area contributed by atoms with Crippen LogP contribution in [-0.4, -0.2) is 31.7 Å². The van der Waals surface area contributed by atoms with Crippen LogP contribution < -0.4 is 15.2 Å². The van der Waals surface area contributed by atoms with E-state index < -0.39 is 23.3 Å². The van der Waals surface area contributed by atoms with Gasteiger partial charge in [0.15, 0.2) is 17.2 Å². The monoisotopic (exact) mass is 361 g/mol. The summed E-state index contributed by atoms with van der Waals surface area (Å²) >= 11 is 0. The van der Waals surface area contributed by atoms with Crippen molar-refractivity contribution in [2.45, 2.75) is 19.4 Å². The average Bonchev–Trinajstić information content (AvgIpc) is 2.62. The lowest BCUT2D eigenvalue weighted by Gasteiger charge is -2.24. The molecule has 26 heavy (non-hydrogen) atoms. The molecule has 7 heteroatoms. The molecule has 1 amide bonds. The fourth-order valence-electron chi connectivity index (χ4n) is 2.20. The highest BCUT2D eigenvalue weighted by atomic mass is 19.1. The normalized spacial score (nSPS) is 11.0. The van der Waals surface area contributed by atoms with Crippen molar-refractivity contribution in [1.29, 1.82) is 0 Å². The van der Waals surface area contributed by atoms with Gasteiger partial charge in [0.1, 0.15) is 5.75 Å². The minimum absolute atomic E-state index is 0.166. The molecule has 0 aliphatic heterocycles. The first kappa shape index (κ1) is 19.2. The Hall–Kier alpha value is -3.09. The first-order valence-corrected chi connectivity index (χ1v) is 7.74. The molecule has 0 aliphatic carbocycles. The summed E-state index contributed by atoms with van der Waals surface area (Å²) in [5.74, 6) is -1.72. The fraction of sp³-hybridized carbons (Fsp3) is 0.263. The van der Waals surface area contributed by atoms with Gasteiger partial charge in [-0.1, -0.05) is 12.1 Å². The summed E-state index contributed by atoms with van der Waals surface area (Å²) in [5.41, 5.74) is 4.91. The number of benzene rings is 2. The third-order valence-corrected chi connectivity index (χ3v) is 3.82. The summed E-state index contributed by atoms with van der Waals surface area (Å²) in [6.45, 7) is 2.89. The molecule has 2 aromatic rings. The molecule has 0 spiro atoms. The molecule has 0 radical (unpaired) electrons. The van der Waals surface area contributed by atoms with Crippen molar-refractivity contribution >= 4 is 11.9 Å². The van der Waals surface area contributed by atoms with Crippen LogP contribution in [0.15, 0.2) is 36.4 Å². The maximum absolute atomic E-state index is 15.0. The third kappa shape index (κ3) is 3.93. The molecular formula is C19H20FNO5. The van der Waals surface area contributed by atoms with Crippen LogP contribution in [0.1, 0.15) is 24.2 Å². The van der Waals surface area contributed by atoms with Crippen LogP contribution in [0, 0.1) is 5.82 Å². The molecule has 0 atom stereocenters. The molecule has 0 bridgehead atoms. The predicted octanol–water partition coefficient (Wildman–Crippen LogP) is 2.93. The number of esters is 1. The molecule has 0 unspecified atom stereocenters. The number of halogens is 1. The largest absolute Gasteiger partial charge is 0.497 e. The van der Waals surface area contributed by atoms with Crippen LogP contribution in [0.2, 0.25) is 0 Å². The summed E-state index contributed by atoms with van der Waals surface area (Å²) in [6, 6.07) is 9.03. The minimum Gasteiger partial charge on any atom is -0.497 e. The summed E-state index contributed by atoms with van der Waals surface area (Å²) in [4.78, 5) is 23.0. The van der Waals surface area contributed by atoms with Crippen LogP contribution in [-0.2, 0) is 9.53 Å². The Labute approximate surface area is 150 Å². The predicted molar refractivity (Wildman–Crippen MR) is 93.6 cm³/mol. The molecule has 2 N–H and O–H groups in total. The molecule has 0 fully saturated rings. The molecule has 0 heterocycles. The first-order chi connectivity index (χ1) is 12.2. The lowest BCUT2D eigenvalue weighted by molar-refractivity contribution is -0.130. The van der Waals surface area contributed by atoms with Gasteiger partial charge < -0.3 is 19.9 Å². The van der Waals surface area contributed by atoms with Crippen LogP contribution in [0.5, 0.6) is 11.5 Å². The third-order valence-electron chi connectivity index (χ3n) is 3.82. The highest BCUT2D eigenvalue weighted by Gasteiger charge is 2.29. The lowest BCUT2D eigenvalue weighted by Crippen LogP contribution is -2.43. The minimum atomic E-state index is -1.40. The summed E-state index contributed by atoms with van der Waals surface area (Å²) < 4.78 is 30.3. The first-order valence-electron chi connectivity index (χ1n) is 7.74. The Morgan fingerprint density at radius 3 is 2.19 bits per heavy atom. The van der Waals surface area contributed by atoms with E-state index in [-0.39, 0.29) is 11.3 Å². The number of methoxy groups -OCH3 is 2. The van der Waals surface area contributed by atoms with Crippen molar-refractivity contribution in [3.05, 3.63) is 47.8 Å². The van der Waals surface area contributed by atoms with E-state index in [1.54, 1.807) is 12.1 Å². The zero-order valence-corrected chi connectivity index (χ0v) is 15.0. The maximum atomic E-state index is 15.0. The Balaban J connectivity index is 2.50. The smallest absolute Gasteiger partial charge is 0.337 e. The molecule has 138 valence electrons. The van der Waals surface area contributed by atoms with Gasteiger partial charge in [-0.3, -0.25) is 4.79 Å². The highest BCUT2D eigenvalue weighted by Crippen LogP contribution is 2.35. The van der Waals surface area contributed by atoms with Gasteiger partial charge in [0.2, 0.25) is 0 Å². The molecular weight excluding hydrogens is 341 g/mol. The zero-order valence-electron chi connectivity index (χ0n) is 15.0. The average molecular weight is 361 g/mol. The molecule has 0 saturated heterocycles. The van der Waals surface area contributed by atoms with Gasteiger partial charge in [0.25, 0.3) is 5.91 Å². The van der Waals surface area contributed by atoms with E-state index in [4.69, 9.17) is 15.2 Å². The van der Waals surface area contributed by atoms with Crippen LogP contribution in [0.25, 0.3) is 11.1 Å². The van der Waals surface area contributed by atoms with E-state index >= 15 is 0 Å². The lowest BCUT2D eigenvalue weighted by atomic mass is 10.0. The highest BCUT2D eigenvalue weighted by molar-refractivity contribution is 5.90. The second kappa shape index (κ2) is 7.43. The van der Waals surface area contributed by atoms with Crippen LogP contribution in [0.4, 0.5) is 4.39 Å². The number of nitrogens with two attached hydrogens (primary N) is 1. The summed E-state index contributed by atoms with van der Waals surface area (Å²) in [6.07, 6.45) is 0. The summed E-state index contributed by atoms with van der Waals surface area (Å²) in [5, 5.41) is 0. The Bertz CT molecular complexity index is 831. The van der Waals surface area contributed by atoms with E-state index in [1.807, 2.05) is 0 Å². The number of hydrogen-bond acceptors (Lipinski definition) is 5. The van der Waals surface area contributed by atoms with Crippen molar-refractivity contribution in [1.82, 2.24) is 0 Å². The molecule has 0 saturated carbocycles.